The Hall–Kier alpha value is -1.35. The van der Waals surface area contributed by atoms with Gasteiger partial charge in [0.1, 0.15) is 5.65 Å². The number of halogens is 2. The van der Waals surface area contributed by atoms with Gasteiger partial charge in [-0.2, -0.15) is 0 Å². The summed E-state index contributed by atoms with van der Waals surface area (Å²) in [5.74, 6) is -0.171. The highest BCUT2D eigenvalue weighted by atomic mass is 35.5. The maximum absolute atomic E-state index is 12.6. The van der Waals surface area contributed by atoms with Crippen LogP contribution in [-0.4, -0.2) is 58.7 Å². The average molecular weight is 421 g/mol. The lowest BCUT2D eigenvalue weighted by Crippen LogP contribution is -2.36. The number of nitrogens with two attached hydrogens (primary N) is 1. The van der Waals surface area contributed by atoms with E-state index in [1.165, 1.54) is 0 Å². The fraction of sp³-hybridized carbons (Fsp3) is 0.500. The molecule has 0 aromatic carbocycles. The predicted molar refractivity (Wildman–Crippen MR) is 104 cm³/mol. The molecule has 0 spiro atoms. The van der Waals surface area contributed by atoms with Gasteiger partial charge in [0.05, 0.1) is 23.1 Å². The van der Waals surface area contributed by atoms with E-state index in [-0.39, 0.29) is 61.4 Å². The standard InChI is InChI=1S/C16H20N4O3S.2ClH/c1-10-3-2-4-20-11(6-18-16(10)20)5-15(21)19-7-12-13(17)9-24(22,23)14(12)8-19;;/h2-4,6,12-14H,5,7-9,17H2,1H3;2*1H/t12-,13+,14-;;/m0../s1. The highest BCUT2D eigenvalue weighted by Crippen LogP contribution is 2.33. The number of imidazole rings is 1. The van der Waals surface area contributed by atoms with E-state index in [9.17, 15) is 13.2 Å². The van der Waals surface area contributed by atoms with Gasteiger partial charge in [0.25, 0.3) is 0 Å². The molecule has 144 valence electrons. The summed E-state index contributed by atoms with van der Waals surface area (Å²) in [5, 5.41) is -0.499. The number of likely N-dealkylation sites (tertiary alicyclic amines) is 1. The quantitative estimate of drug-likeness (QED) is 0.767. The largest absolute Gasteiger partial charge is 0.341 e. The van der Waals surface area contributed by atoms with Gasteiger partial charge in [0.15, 0.2) is 9.84 Å². The van der Waals surface area contributed by atoms with Crippen molar-refractivity contribution in [3.63, 3.8) is 0 Å². The van der Waals surface area contributed by atoms with Gasteiger partial charge < -0.3 is 15.0 Å². The predicted octanol–water partition coefficient (Wildman–Crippen LogP) is 0.612. The number of aryl methyl sites for hydroxylation is 1. The Morgan fingerprint density at radius 2 is 2.08 bits per heavy atom. The summed E-state index contributed by atoms with van der Waals surface area (Å²) in [4.78, 5) is 18.6. The first-order valence-electron chi connectivity index (χ1n) is 8.03. The molecule has 0 radical (unpaired) electrons. The molecule has 7 nitrogen and oxygen atoms in total. The molecule has 26 heavy (non-hydrogen) atoms. The third kappa shape index (κ3) is 3.31. The third-order valence-electron chi connectivity index (χ3n) is 5.24. The van der Waals surface area contributed by atoms with Crippen LogP contribution in [0.2, 0.25) is 0 Å². The van der Waals surface area contributed by atoms with Crippen LogP contribution in [0.25, 0.3) is 5.65 Å². The monoisotopic (exact) mass is 420 g/mol. The zero-order valence-electron chi connectivity index (χ0n) is 14.2. The Labute approximate surface area is 164 Å². The van der Waals surface area contributed by atoms with Crippen LogP contribution in [0.1, 0.15) is 11.3 Å². The first kappa shape index (κ1) is 21.0. The maximum Gasteiger partial charge on any atom is 0.228 e. The summed E-state index contributed by atoms with van der Waals surface area (Å²) < 4.78 is 26.1. The van der Waals surface area contributed by atoms with E-state index in [1.54, 1.807) is 11.1 Å². The molecule has 2 aromatic heterocycles. The first-order chi connectivity index (χ1) is 11.4. The highest BCUT2D eigenvalue weighted by Gasteiger charge is 2.51. The molecule has 0 aliphatic carbocycles. The number of amides is 1. The molecule has 1 amide bonds. The smallest absolute Gasteiger partial charge is 0.228 e. The van der Waals surface area contributed by atoms with Gasteiger partial charge >= 0.3 is 0 Å². The van der Waals surface area contributed by atoms with Gasteiger partial charge in [-0.15, -0.1) is 24.8 Å². The fourth-order valence-electron chi connectivity index (χ4n) is 3.91. The lowest BCUT2D eigenvalue weighted by atomic mass is 10.0. The Morgan fingerprint density at radius 1 is 1.35 bits per heavy atom. The van der Waals surface area contributed by atoms with Crippen LogP contribution in [-0.2, 0) is 21.1 Å². The van der Waals surface area contributed by atoms with Crippen molar-refractivity contribution in [1.29, 1.82) is 0 Å². The van der Waals surface area contributed by atoms with Crippen LogP contribution in [0.15, 0.2) is 24.5 Å². The van der Waals surface area contributed by atoms with Gasteiger partial charge in [-0.05, 0) is 18.6 Å². The minimum atomic E-state index is -3.18. The van der Waals surface area contributed by atoms with E-state index in [0.717, 1.165) is 16.9 Å². The molecule has 0 bridgehead atoms. The van der Waals surface area contributed by atoms with Crippen LogP contribution in [0.4, 0.5) is 0 Å². The van der Waals surface area contributed by atoms with Gasteiger partial charge in [0, 0.05) is 37.4 Å². The lowest BCUT2D eigenvalue weighted by molar-refractivity contribution is -0.129. The van der Waals surface area contributed by atoms with Gasteiger partial charge in [-0.1, -0.05) is 6.07 Å². The second-order valence-corrected chi connectivity index (χ2v) is 9.07. The van der Waals surface area contributed by atoms with E-state index >= 15 is 0 Å². The van der Waals surface area contributed by atoms with Crippen LogP contribution >= 0.6 is 24.8 Å². The number of aromatic nitrogens is 2. The molecule has 2 N–H and O–H groups in total. The van der Waals surface area contributed by atoms with E-state index in [0.29, 0.717) is 6.54 Å². The highest BCUT2D eigenvalue weighted by molar-refractivity contribution is 7.92. The van der Waals surface area contributed by atoms with E-state index in [1.807, 2.05) is 29.7 Å². The molecular weight excluding hydrogens is 399 g/mol. The van der Waals surface area contributed by atoms with Gasteiger partial charge in [0.2, 0.25) is 5.91 Å². The normalized spacial score (nSPS) is 26.2. The number of hydrogen-bond acceptors (Lipinski definition) is 5. The Balaban J connectivity index is 0.00000121. The Morgan fingerprint density at radius 3 is 2.77 bits per heavy atom. The summed E-state index contributed by atoms with van der Waals surface area (Å²) in [6.45, 7) is 2.66. The lowest BCUT2D eigenvalue weighted by Gasteiger charge is -2.18. The summed E-state index contributed by atoms with van der Waals surface area (Å²) in [6, 6.07) is 3.53. The minimum Gasteiger partial charge on any atom is -0.341 e. The second-order valence-electron chi connectivity index (χ2n) is 6.81. The van der Waals surface area contributed by atoms with Gasteiger partial charge in [-0.25, -0.2) is 13.4 Å². The van der Waals surface area contributed by atoms with E-state index in [4.69, 9.17) is 5.73 Å². The molecule has 0 saturated carbocycles. The molecule has 0 unspecified atom stereocenters. The zero-order valence-corrected chi connectivity index (χ0v) is 16.7. The number of carbonyl (C=O) groups is 1. The second kappa shape index (κ2) is 7.34. The average Bonchev–Trinajstić information content (AvgIpc) is 3.17. The molecule has 2 aromatic rings. The molecule has 2 fully saturated rings. The van der Waals surface area contributed by atoms with Crippen molar-refractivity contribution in [2.24, 2.45) is 11.7 Å². The van der Waals surface area contributed by atoms with E-state index in [2.05, 4.69) is 4.98 Å². The zero-order chi connectivity index (χ0) is 17.1. The number of sulfone groups is 1. The summed E-state index contributed by atoms with van der Waals surface area (Å²) in [7, 11) is -3.18. The molecule has 2 aliphatic rings. The SMILES string of the molecule is Cc1cccn2c(CC(=O)N3C[C@H]4[C@H](N)CS(=O)(=O)[C@H]4C3)cnc12.Cl.Cl. The van der Waals surface area contributed by atoms with Crippen molar-refractivity contribution in [2.45, 2.75) is 24.6 Å². The fourth-order valence-corrected chi connectivity index (χ4v) is 6.17. The number of rotatable bonds is 2. The maximum atomic E-state index is 12.6. The Kier molecular flexibility index (Phi) is 5.92. The van der Waals surface area contributed by atoms with Crippen LogP contribution in [0.3, 0.4) is 0 Å². The van der Waals surface area contributed by atoms with Crippen molar-refractivity contribution in [1.82, 2.24) is 14.3 Å². The first-order valence-corrected chi connectivity index (χ1v) is 9.75. The summed E-state index contributed by atoms with van der Waals surface area (Å²) in [5.41, 5.74) is 8.64. The summed E-state index contributed by atoms with van der Waals surface area (Å²) in [6.07, 6.45) is 3.80. The summed E-state index contributed by atoms with van der Waals surface area (Å²) >= 11 is 0. The van der Waals surface area contributed by atoms with E-state index < -0.39 is 15.1 Å². The van der Waals surface area contributed by atoms with Crippen molar-refractivity contribution >= 4 is 46.2 Å². The number of pyridine rings is 1. The number of fused-ring (bicyclic) bond motifs is 2. The molecule has 4 heterocycles. The Bertz CT molecular complexity index is 931. The van der Waals surface area contributed by atoms with Crippen molar-refractivity contribution < 1.29 is 13.2 Å². The number of hydrogen-bond donors (Lipinski definition) is 1. The van der Waals surface area contributed by atoms with Crippen molar-refractivity contribution in [3.8, 4) is 0 Å². The number of carbonyl (C=O) groups excluding carboxylic acids is 1. The van der Waals surface area contributed by atoms with Crippen molar-refractivity contribution in [3.05, 3.63) is 35.8 Å². The van der Waals surface area contributed by atoms with Crippen LogP contribution in [0.5, 0.6) is 0 Å². The number of nitrogens with zero attached hydrogens (tertiary/aromatic N) is 3. The van der Waals surface area contributed by atoms with Crippen molar-refractivity contribution in [2.75, 3.05) is 18.8 Å². The molecular formula is C16H22Cl2N4O3S. The third-order valence-corrected chi connectivity index (χ3v) is 7.51. The minimum absolute atomic E-state index is 0. The topological polar surface area (TPSA) is 97.8 Å². The molecule has 4 rings (SSSR count). The molecule has 2 aliphatic heterocycles. The molecule has 2 saturated heterocycles. The molecule has 10 heteroatoms. The molecule has 3 atom stereocenters. The van der Waals surface area contributed by atoms with Crippen LogP contribution < -0.4 is 5.73 Å². The van der Waals surface area contributed by atoms with Crippen LogP contribution in [0, 0.1) is 12.8 Å². The van der Waals surface area contributed by atoms with Gasteiger partial charge in [-0.3, -0.25) is 4.79 Å².